The second kappa shape index (κ2) is 22.6. The number of rotatable bonds is 6. The van der Waals surface area contributed by atoms with Crippen molar-refractivity contribution in [3.05, 3.63) is 12.2 Å². The molecule has 0 nitrogen and oxygen atoms in total. The van der Waals surface area contributed by atoms with Crippen molar-refractivity contribution in [1.29, 1.82) is 0 Å². The Morgan fingerprint density at radius 1 is 0.600 bits per heavy atom. The first-order valence-electron chi connectivity index (χ1n) is 8.29. The van der Waals surface area contributed by atoms with Crippen molar-refractivity contribution < 1.29 is 21.1 Å². The largest absolute Gasteiger partial charge is 0.108 e. The van der Waals surface area contributed by atoms with E-state index in [4.69, 9.17) is 0 Å². The molecule has 0 heterocycles. The summed E-state index contributed by atoms with van der Waals surface area (Å²) in [7, 11) is 0.892. The van der Waals surface area contributed by atoms with Gasteiger partial charge in [-0.2, -0.15) is 0 Å². The van der Waals surface area contributed by atoms with E-state index in [2.05, 4.69) is 53.7 Å². The summed E-state index contributed by atoms with van der Waals surface area (Å²) in [6.45, 7) is 13.7. The minimum absolute atomic E-state index is 0. The van der Waals surface area contributed by atoms with Gasteiger partial charge in [0.25, 0.3) is 0 Å². The van der Waals surface area contributed by atoms with Gasteiger partial charge in [0.15, 0.2) is 0 Å². The van der Waals surface area contributed by atoms with Crippen LogP contribution in [0.5, 0.6) is 0 Å². The summed E-state index contributed by atoms with van der Waals surface area (Å²) in [6, 6.07) is 0. The Morgan fingerprint density at radius 3 is 0.900 bits per heavy atom. The first kappa shape index (κ1) is 26.2. The van der Waals surface area contributed by atoms with Crippen molar-refractivity contribution in [3.63, 3.8) is 0 Å². The SMILES string of the molecule is C1=CCCC1.CCP(CC)CC.CCP(CC)CC.[Pt]. The van der Waals surface area contributed by atoms with Crippen LogP contribution in [0, 0.1) is 0 Å². The summed E-state index contributed by atoms with van der Waals surface area (Å²) < 4.78 is 0. The van der Waals surface area contributed by atoms with Crippen molar-refractivity contribution >= 4 is 15.8 Å². The molecule has 126 valence electrons. The smallest absolute Gasteiger partial charge is 0 e. The fourth-order valence-electron chi connectivity index (χ4n) is 1.93. The van der Waals surface area contributed by atoms with E-state index < -0.39 is 0 Å². The van der Waals surface area contributed by atoms with Gasteiger partial charge >= 0.3 is 0 Å². The molecule has 1 aliphatic rings. The van der Waals surface area contributed by atoms with Gasteiger partial charge in [-0.05, 0) is 56.2 Å². The average Bonchev–Trinajstić information content (AvgIpc) is 3.03. The van der Waals surface area contributed by atoms with Crippen LogP contribution in [0.2, 0.25) is 0 Å². The Hall–Kier alpha value is 1.29. The first-order chi connectivity index (χ1) is 9.19. The van der Waals surface area contributed by atoms with Gasteiger partial charge in [0.05, 0.1) is 0 Å². The average molecular weight is 500 g/mol. The quantitative estimate of drug-likeness (QED) is 0.279. The molecule has 0 N–H and O–H groups in total. The van der Waals surface area contributed by atoms with Crippen LogP contribution >= 0.6 is 15.8 Å². The van der Waals surface area contributed by atoms with Crippen LogP contribution in [0.25, 0.3) is 0 Å². The Balaban J connectivity index is -0.000000214. The molecular weight excluding hydrogens is 461 g/mol. The fraction of sp³-hybridized carbons (Fsp3) is 0.882. The van der Waals surface area contributed by atoms with Gasteiger partial charge in [-0.25, -0.2) is 0 Å². The predicted octanol–water partition coefficient (Wildman–Crippen LogP) is 6.78. The molecule has 0 aromatic carbocycles. The monoisotopic (exact) mass is 499 g/mol. The third-order valence-corrected chi connectivity index (χ3v) is 8.96. The predicted molar refractivity (Wildman–Crippen MR) is 100 cm³/mol. The summed E-state index contributed by atoms with van der Waals surface area (Å²) in [4.78, 5) is 0. The molecule has 0 aliphatic heterocycles. The summed E-state index contributed by atoms with van der Waals surface area (Å²) in [5.74, 6) is 0. The zero-order chi connectivity index (χ0) is 14.9. The second-order valence-corrected chi connectivity index (χ2v) is 11.1. The molecule has 0 amide bonds. The van der Waals surface area contributed by atoms with Crippen LogP contribution in [0.15, 0.2) is 12.2 Å². The van der Waals surface area contributed by atoms with Crippen LogP contribution in [0.3, 0.4) is 0 Å². The molecule has 0 radical (unpaired) electrons. The van der Waals surface area contributed by atoms with Crippen molar-refractivity contribution in [3.8, 4) is 0 Å². The Labute approximate surface area is 146 Å². The normalized spacial score (nSPS) is 12.4. The number of hydrogen-bond acceptors (Lipinski definition) is 0. The fourth-order valence-corrected chi connectivity index (χ4v) is 4.61. The van der Waals surface area contributed by atoms with Gasteiger partial charge in [-0.3, -0.25) is 0 Å². The molecule has 0 unspecified atom stereocenters. The molecule has 0 saturated carbocycles. The third kappa shape index (κ3) is 19.3. The van der Waals surface area contributed by atoms with Gasteiger partial charge in [0.2, 0.25) is 0 Å². The van der Waals surface area contributed by atoms with Gasteiger partial charge in [0, 0.05) is 21.1 Å². The topological polar surface area (TPSA) is 0 Å². The summed E-state index contributed by atoms with van der Waals surface area (Å²) >= 11 is 0. The summed E-state index contributed by atoms with van der Waals surface area (Å²) in [5.41, 5.74) is 0. The van der Waals surface area contributed by atoms with Crippen LogP contribution in [-0.4, -0.2) is 37.0 Å². The van der Waals surface area contributed by atoms with E-state index in [1.165, 1.54) is 56.2 Å². The van der Waals surface area contributed by atoms with Gasteiger partial charge < -0.3 is 0 Å². The van der Waals surface area contributed by atoms with Crippen molar-refractivity contribution in [1.82, 2.24) is 0 Å². The maximum absolute atomic E-state index is 2.29. The molecule has 3 heteroatoms. The second-order valence-electron chi connectivity index (χ2n) is 4.64. The minimum Gasteiger partial charge on any atom is -0.108 e. The molecule has 1 rings (SSSR count). The molecular formula is C17H38P2Pt. The first-order valence-corrected chi connectivity index (χ1v) is 12.1. The summed E-state index contributed by atoms with van der Waals surface area (Å²) in [6.07, 6.45) is 17.0. The van der Waals surface area contributed by atoms with E-state index in [0.29, 0.717) is 15.8 Å². The van der Waals surface area contributed by atoms with E-state index >= 15 is 0 Å². The molecule has 0 bridgehead atoms. The van der Waals surface area contributed by atoms with Crippen molar-refractivity contribution in [2.45, 2.75) is 60.8 Å². The molecule has 0 aromatic rings. The third-order valence-electron chi connectivity index (χ3n) is 3.59. The van der Waals surface area contributed by atoms with Crippen LogP contribution in [0.4, 0.5) is 0 Å². The van der Waals surface area contributed by atoms with Crippen LogP contribution < -0.4 is 0 Å². The Morgan fingerprint density at radius 2 is 0.850 bits per heavy atom. The molecule has 0 spiro atoms. The number of hydrogen-bond donors (Lipinski definition) is 0. The van der Waals surface area contributed by atoms with Crippen LogP contribution in [0.1, 0.15) is 60.8 Å². The molecule has 20 heavy (non-hydrogen) atoms. The van der Waals surface area contributed by atoms with Gasteiger partial charge in [-0.1, -0.05) is 53.7 Å². The number of allylic oxidation sites excluding steroid dienone is 2. The van der Waals surface area contributed by atoms with Gasteiger partial charge in [-0.15, -0.1) is 15.8 Å². The zero-order valence-corrected chi connectivity index (χ0v) is 18.8. The molecule has 0 fully saturated rings. The van der Waals surface area contributed by atoms with E-state index in [1.54, 1.807) is 0 Å². The van der Waals surface area contributed by atoms with Crippen LogP contribution in [-0.2, 0) is 21.1 Å². The van der Waals surface area contributed by atoms with E-state index in [9.17, 15) is 0 Å². The molecule has 0 atom stereocenters. The Bertz CT molecular complexity index is 147. The van der Waals surface area contributed by atoms with E-state index in [1.807, 2.05) is 0 Å². The van der Waals surface area contributed by atoms with Crippen molar-refractivity contribution in [2.75, 3.05) is 37.0 Å². The molecule has 0 saturated heterocycles. The standard InChI is InChI=1S/2C6H15P.C5H8.Pt/c2*1-4-7(5-2)6-3;1-2-4-5-3-1;/h2*4-6H2,1-3H3;1-2H,3-5H2;. The summed E-state index contributed by atoms with van der Waals surface area (Å²) in [5, 5.41) is 0. The molecule has 1 aliphatic carbocycles. The zero-order valence-electron chi connectivity index (χ0n) is 14.7. The van der Waals surface area contributed by atoms with Crippen molar-refractivity contribution in [2.24, 2.45) is 0 Å². The maximum atomic E-state index is 2.29. The molecule has 0 aromatic heterocycles. The Kier molecular flexibility index (Phi) is 29.6. The van der Waals surface area contributed by atoms with E-state index in [-0.39, 0.29) is 21.1 Å². The van der Waals surface area contributed by atoms with E-state index in [0.717, 1.165) is 0 Å². The van der Waals surface area contributed by atoms with Gasteiger partial charge in [0.1, 0.15) is 0 Å². The maximum Gasteiger partial charge on any atom is 0 e. The minimum atomic E-state index is 0.